The van der Waals surface area contributed by atoms with Crippen molar-refractivity contribution < 1.29 is 22.0 Å². The van der Waals surface area contributed by atoms with Crippen molar-refractivity contribution in [3.05, 3.63) is 64.2 Å². The topological polar surface area (TPSA) is 57.7 Å². The molecule has 1 amide bonds. The molecule has 0 radical (unpaired) electrons. The molecule has 0 aromatic heterocycles. The Bertz CT molecular complexity index is 1040. The summed E-state index contributed by atoms with van der Waals surface area (Å²) in [6.45, 7) is 2.55. The van der Waals surface area contributed by atoms with Crippen LogP contribution in [0, 0.1) is 11.6 Å². The first-order valence-corrected chi connectivity index (χ1v) is 11.0. The Labute approximate surface area is 173 Å². The fourth-order valence-corrected chi connectivity index (χ4v) is 5.01. The Morgan fingerprint density at radius 3 is 2.38 bits per heavy atom. The van der Waals surface area contributed by atoms with Crippen LogP contribution in [0.2, 0.25) is 5.02 Å². The minimum atomic E-state index is -3.71. The van der Waals surface area contributed by atoms with E-state index < -0.39 is 33.6 Å². The van der Waals surface area contributed by atoms with Crippen molar-refractivity contribution in [3.8, 4) is 0 Å². The van der Waals surface area contributed by atoms with Crippen LogP contribution in [0.15, 0.2) is 41.3 Å². The van der Waals surface area contributed by atoms with Gasteiger partial charge in [-0.15, -0.1) is 0 Å². The summed E-state index contributed by atoms with van der Waals surface area (Å²) in [6.07, 6.45) is 1.60. The normalized spacial score (nSPS) is 16.0. The van der Waals surface area contributed by atoms with E-state index in [1.165, 1.54) is 40.5 Å². The fraction of sp³-hybridized carbons (Fsp3) is 0.350. The second-order valence-electron chi connectivity index (χ2n) is 7.02. The third-order valence-electron chi connectivity index (χ3n) is 5.20. The van der Waals surface area contributed by atoms with Crippen molar-refractivity contribution in [1.82, 2.24) is 9.21 Å². The van der Waals surface area contributed by atoms with E-state index in [-0.39, 0.29) is 15.5 Å². The Hall–Kier alpha value is -2.03. The van der Waals surface area contributed by atoms with Crippen LogP contribution in [0.4, 0.5) is 8.78 Å². The van der Waals surface area contributed by atoms with Crippen molar-refractivity contribution in [3.63, 3.8) is 0 Å². The molecule has 29 heavy (non-hydrogen) atoms. The van der Waals surface area contributed by atoms with Crippen molar-refractivity contribution in [1.29, 1.82) is 0 Å². The van der Waals surface area contributed by atoms with Crippen LogP contribution < -0.4 is 0 Å². The molecule has 0 spiro atoms. The first-order chi connectivity index (χ1) is 13.6. The van der Waals surface area contributed by atoms with Crippen LogP contribution in [0.25, 0.3) is 0 Å². The van der Waals surface area contributed by atoms with Crippen molar-refractivity contribution in [2.45, 2.75) is 30.7 Å². The number of hydrogen-bond donors (Lipinski definition) is 0. The standard InChI is InChI=1S/C20H21ClF2N2O3S/c1-13(14-5-8-18(22)19(23)11-14)24(2)20(26)16-12-15(6-7-17(16)21)29(27,28)25-9-3-4-10-25/h5-8,11-13H,3-4,9-10H2,1-2H3. The maximum atomic E-state index is 13.6. The smallest absolute Gasteiger partial charge is 0.255 e. The SMILES string of the molecule is CC(c1ccc(F)c(F)c1)N(C)C(=O)c1cc(S(=O)(=O)N2CCCC2)ccc1Cl. The summed E-state index contributed by atoms with van der Waals surface area (Å²) < 4.78 is 53.7. The third kappa shape index (κ3) is 4.29. The molecule has 1 unspecified atom stereocenters. The number of rotatable bonds is 5. The van der Waals surface area contributed by atoms with Gasteiger partial charge < -0.3 is 4.90 Å². The lowest BCUT2D eigenvalue weighted by Gasteiger charge is -2.26. The van der Waals surface area contributed by atoms with Crippen LogP contribution in [0.3, 0.4) is 0 Å². The number of halogens is 3. The van der Waals surface area contributed by atoms with Gasteiger partial charge in [0.1, 0.15) is 0 Å². The summed E-state index contributed by atoms with van der Waals surface area (Å²) in [7, 11) is -2.21. The second-order valence-corrected chi connectivity index (χ2v) is 9.36. The minimum Gasteiger partial charge on any atom is -0.335 e. The highest BCUT2D eigenvalue weighted by Gasteiger charge is 2.29. The number of benzene rings is 2. The van der Waals surface area contributed by atoms with Crippen molar-refractivity contribution >= 4 is 27.5 Å². The number of carbonyl (C=O) groups is 1. The molecule has 2 aromatic rings. The number of nitrogens with zero attached hydrogens (tertiary/aromatic N) is 2. The summed E-state index contributed by atoms with van der Waals surface area (Å²) in [4.78, 5) is 14.3. The van der Waals surface area contributed by atoms with Gasteiger partial charge in [0.05, 0.1) is 21.5 Å². The molecule has 156 valence electrons. The summed E-state index contributed by atoms with van der Waals surface area (Å²) in [5.74, 6) is -2.50. The molecule has 1 aliphatic heterocycles. The van der Waals surface area contributed by atoms with E-state index in [0.717, 1.165) is 25.0 Å². The predicted molar refractivity (Wildman–Crippen MR) is 106 cm³/mol. The zero-order valence-electron chi connectivity index (χ0n) is 16.0. The van der Waals surface area contributed by atoms with E-state index in [1.54, 1.807) is 6.92 Å². The molecule has 2 aromatic carbocycles. The minimum absolute atomic E-state index is 0.000953. The molecule has 0 N–H and O–H groups in total. The van der Waals surface area contributed by atoms with Crippen molar-refractivity contribution in [2.75, 3.05) is 20.1 Å². The van der Waals surface area contributed by atoms with Gasteiger partial charge in [0.15, 0.2) is 11.6 Å². The number of carbonyl (C=O) groups excluding carboxylic acids is 1. The fourth-order valence-electron chi connectivity index (χ4n) is 3.27. The van der Waals surface area contributed by atoms with E-state index >= 15 is 0 Å². The molecule has 0 saturated carbocycles. The van der Waals surface area contributed by atoms with Crippen LogP contribution in [-0.2, 0) is 10.0 Å². The Kier molecular flexibility index (Phi) is 6.26. The second kappa shape index (κ2) is 8.38. The monoisotopic (exact) mass is 442 g/mol. The molecule has 3 rings (SSSR count). The molecule has 1 fully saturated rings. The van der Waals surface area contributed by atoms with Gasteiger partial charge in [-0.1, -0.05) is 17.7 Å². The molecule has 1 saturated heterocycles. The molecular formula is C20H21ClF2N2O3S. The van der Waals surface area contributed by atoms with E-state index in [1.807, 2.05) is 0 Å². The molecule has 0 aliphatic carbocycles. The zero-order chi connectivity index (χ0) is 21.3. The maximum Gasteiger partial charge on any atom is 0.255 e. The lowest BCUT2D eigenvalue weighted by Crippen LogP contribution is -2.31. The van der Waals surface area contributed by atoms with Crippen LogP contribution >= 0.6 is 11.6 Å². The number of amides is 1. The molecule has 1 atom stereocenters. The van der Waals surface area contributed by atoms with E-state index in [2.05, 4.69) is 0 Å². The van der Waals surface area contributed by atoms with Gasteiger partial charge in [0.2, 0.25) is 10.0 Å². The summed E-state index contributed by atoms with van der Waals surface area (Å²) in [5.41, 5.74) is 0.431. The van der Waals surface area contributed by atoms with Gasteiger partial charge in [-0.3, -0.25) is 4.79 Å². The molecular weight excluding hydrogens is 422 g/mol. The molecule has 5 nitrogen and oxygen atoms in total. The van der Waals surface area contributed by atoms with Crippen LogP contribution in [0.5, 0.6) is 0 Å². The summed E-state index contributed by atoms with van der Waals surface area (Å²) in [6, 6.07) is 6.86. The number of hydrogen-bond acceptors (Lipinski definition) is 3. The van der Waals surface area contributed by atoms with Gasteiger partial charge in [-0.25, -0.2) is 17.2 Å². The molecule has 1 heterocycles. The first-order valence-electron chi connectivity index (χ1n) is 9.14. The molecule has 0 bridgehead atoms. The van der Waals surface area contributed by atoms with Crippen LogP contribution in [-0.4, -0.2) is 43.7 Å². The average Bonchev–Trinajstić information content (AvgIpc) is 3.24. The lowest BCUT2D eigenvalue weighted by molar-refractivity contribution is 0.0742. The highest BCUT2D eigenvalue weighted by Crippen LogP contribution is 2.28. The quantitative estimate of drug-likeness (QED) is 0.696. The summed E-state index contributed by atoms with van der Waals surface area (Å²) >= 11 is 6.18. The third-order valence-corrected chi connectivity index (χ3v) is 7.42. The average molecular weight is 443 g/mol. The Balaban J connectivity index is 1.90. The van der Waals surface area contributed by atoms with Gasteiger partial charge >= 0.3 is 0 Å². The zero-order valence-corrected chi connectivity index (χ0v) is 17.6. The predicted octanol–water partition coefficient (Wildman–Crippen LogP) is 4.24. The highest BCUT2D eigenvalue weighted by molar-refractivity contribution is 7.89. The van der Waals surface area contributed by atoms with E-state index in [4.69, 9.17) is 11.6 Å². The van der Waals surface area contributed by atoms with Gasteiger partial charge in [0, 0.05) is 20.1 Å². The Morgan fingerprint density at radius 1 is 1.10 bits per heavy atom. The first kappa shape index (κ1) is 21.7. The van der Waals surface area contributed by atoms with Gasteiger partial charge in [0.25, 0.3) is 5.91 Å². The summed E-state index contributed by atoms with van der Waals surface area (Å²) in [5, 5.41) is 0.111. The van der Waals surface area contributed by atoms with Crippen molar-refractivity contribution in [2.24, 2.45) is 0 Å². The van der Waals surface area contributed by atoms with Gasteiger partial charge in [-0.05, 0) is 55.7 Å². The molecule has 9 heteroatoms. The maximum absolute atomic E-state index is 13.6. The number of sulfonamides is 1. The van der Waals surface area contributed by atoms with Gasteiger partial charge in [-0.2, -0.15) is 4.31 Å². The lowest BCUT2D eigenvalue weighted by atomic mass is 10.1. The van der Waals surface area contributed by atoms with E-state index in [0.29, 0.717) is 18.7 Å². The van der Waals surface area contributed by atoms with Crippen LogP contribution in [0.1, 0.15) is 41.7 Å². The molecule has 1 aliphatic rings. The highest BCUT2D eigenvalue weighted by atomic mass is 35.5. The Morgan fingerprint density at radius 2 is 1.76 bits per heavy atom. The van der Waals surface area contributed by atoms with E-state index in [9.17, 15) is 22.0 Å². The largest absolute Gasteiger partial charge is 0.335 e.